The van der Waals surface area contributed by atoms with Crippen molar-refractivity contribution in [3.05, 3.63) is 120 Å². The van der Waals surface area contributed by atoms with Crippen LogP contribution in [-0.4, -0.2) is 231 Å². The number of aromatic amines is 2. The Morgan fingerprint density at radius 1 is 0.464 bits per heavy atom. The van der Waals surface area contributed by atoms with E-state index >= 15 is 19.2 Å². The fourth-order valence-electron chi connectivity index (χ4n) is 14.1. The molecule has 14 amide bonds. The number of primary amides is 1. The summed E-state index contributed by atoms with van der Waals surface area (Å²) < 4.78 is 0. The maximum Gasteiger partial charge on any atom is 0.305 e. The molecular weight excluding hydrogens is 1630 g/mol. The Morgan fingerprint density at radius 3 is 1.40 bits per heavy atom. The van der Waals surface area contributed by atoms with Gasteiger partial charge in [0.15, 0.2) is 11.9 Å². The molecule has 678 valence electrons. The van der Waals surface area contributed by atoms with Gasteiger partial charge < -0.3 is 117 Å². The first-order valence-electron chi connectivity index (χ1n) is 42.0. The Hall–Kier alpha value is -12.9. The lowest BCUT2D eigenvalue weighted by Crippen LogP contribution is -2.61. The van der Waals surface area contributed by atoms with Crippen LogP contribution in [0.3, 0.4) is 0 Å². The van der Waals surface area contributed by atoms with Crippen molar-refractivity contribution >= 4 is 145 Å². The highest BCUT2D eigenvalue weighted by Gasteiger charge is 2.39. The zero-order valence-corrected chi connectivity index (χ0v) is 71.9. The molecule has 6 aromatic rings. The Morgan fingerprint density at radius 2 is 0.896 bits per heavy atom. The average Bonchev–Trinajstić information content (AvgIpc) is 1.69. The molecule has 40 heteroatoms. The van der Waals surface area contributed by atoms with Crippen molar-refractivity contribution in [1.29, 1.82) is 10.8 Å². The number of benzene rings is 4. The van der Waals surface area contributed by atoms with Crippen molar-refractivity contribution < 1.29 is 82.1 Å². The van der Waals surface area contributed by atoms with Gasteiger partial charge in [-0.1, -0.05) is 159 Å². The quantitative estimate of drug-likeness (QED) is 0.0167. The van der Waals surface area contributed by atoms with E-state index in [9.17, 15) is 63.0 Å². The fourth-order valence-corrected chi connectivity index (χ4v) is 15.0. The molecule has 4 aromatic carbocycles. The molecule has 0 saturated carbocycles. The smallest absolute Gasteiger partial charge is 0.305 e. The Labute approximate surface area is 727 Å². The molecule has 2 aromatic heterocycles. The normalized spacial score (nSPS) is 22.7. The van der Waals surface area contributed by atoms with Crippen LogP contribution < -0.4 is 97.0 Å². The zero-order chi connectivity index (χ0) is 91.4. The third-order valence-electron chi connectivity index (χ3n) is 21.3. The lowest BCUT2D eigenvalue weighted by molar-refractivity contribution is -0.141. The van der Waals surface area contributed by atoms with Crippen molar-refractivity contribution in [2.45, 2.75) is 217 Å². The number of aliphatic hydroxyl groups excluding tert-OH is 1. The molecule has 0 radical (unpaired) electrons. The second kappa shape index (κ2) is 50.0. The van der Waals surface area contributed by atoms with Gasteiger partial charge in [-0.3, -0.25) is 82.7 Å². The number of aliphatic hydroxyl groups is 1. The molecule has 39 nitrogen and oxygen atoms in total. The predicted molar refractivity (Wildman–Crippen MR) is 470 cm³/mol. The van der Waals surface area contributed by atoms with E-state index in [2.05, 4.69) is 89.7 Å². The highest BCUT2D eigenvalue weighted by atomic mass is 32.2. The number of H-pyrrole nitrogens is 2. The summed E-state index contributed by atoms with van der Waals surface area (Å²) in [6, 6.07) is 7.86. The summed E-state index contributed by atoms with van der Waals surface area (Å²) in [6.45, 7) is 8.31. The highest BCUT2D eigenvalue weighted by Crippen LogP contribution is 2.24. The lowest BCUT2D eigenvalue weighted by atomic mass is 9.96. The number of hydrogen-bond donors (Lipinski definition) is 24. The van der Waals surface area contributed by atoms with Gasteiger partial charge in [0.05, 0.1) is 25.3 Å². The van der Waals surface area contributed by atoms with Crippen LogP contribution in [0, 0.1) is 22.7 Å². The second-order valence-corrected chi connectivity index (χ2v) is 32.4. The van der Waals surface area contributed by atoms with E-state index in [0.717, 1.165) is 22.5 Å². The summed E-state index contributed by atoms with van der Waals surface area (Å²) >= 11 is 0.826. The number of thioether (sulfide) groups is 1. The van der Waals surface area contributed by atoms with Crippen LogP contribution in [0.1, 0.15) is 142 Å². The van der Waals surface area contributed by atoms with Crippen LogP contribution in [0.15, 0.2) is 103 Å². The summed E-state index contributed by atoms with van der Waals surface area (Å²) in [5.41, 5.74) is 19.9. The van der Waals surface area contributed by atoms with Crippen molar-refractivity contribution in [3.63, 3.8) is 0 Å². The molecule has 125 heavy (non-hydrogen) atoms. The van der Waals surface area contributed by atoms with Crippen molar-refractivity contribution in [3.8, 4) is 0 Å². The van der Waals surface area contributed by atoms with Gasteiger partial charge in [0.25, 0.3) is 0 Å². The molecule has 27 N–H and O–H groups in total. The van der Waals surface area contributed by atoms with Gasteiger partial charge in [-0.15, -0.1) is 11.8 Å². The monoisotopic (exact) mass is 1750 g/mol. The number of carboxylic acids is 1. The number of aromatic nitrogens is 2. The minimum atomic E-state index is -1.96. The van der Waals surface area contributed by atoms with Gasteiger partial charge in [0, 0.05) is 72.3 Å². The second-order valence-electron chi connectivity index (χ2n) is 31.4. The van der Waals surface area contributed by atoms with Crippen LogP contribution >= 0.6 is 11.8 Å². The standard InChI is InChI=1S/C85H120N22O17S/c1-7-10-12-28-57-74(115)103-64(39-69(111)112)79(120)102-62(37-51-40-93-55-26-17-15-23-53(51)55)78(119)99-59(25-11-8-2)76(117)98-60(30-20-34-92-85(89)90)77(118)101-63(38-52-41-94-56-27-18-16-24-54(52)56)81(122)106-70(46(4)5)82(123)105-66(72(86)113)44-125-45-68(110)97-58(29-19-33-91-84(87)88)75(116)100-61(36-48-31-32-49-21-13-14-22-50(49)35-48)80(121)107-71(47(6)9-3)83(124)104-65(43-108)73(114)95-42-67(109)96-57/h13-18,21-24,26-27,31-32,35,40-41,46-47,57-66,70-71,93-94,108H,7-12,19-20,25,28-30,33-34,36-39,42-45H2,1-6H3,(H2,86,113)(H,95,114)(H,96,109)(H,97,110)(H,98,117)(H,99,119)(H,100,116)(H,101,118)(H,102,120)(H,103,115)(H,104,124)(H,105,123)(H,106,122)(H,107,121)(H,111,112)(H4,87,88,91)(H4,89,90,92)/t47-,57-,58+,59-,60-,61-,62-,63-,64-,65-,66-,70-,71-/m0/s1. The minimum absolute atomic E-state index is 0.00655. The Bertz CT molecular complexity index is 4790. The van der Waals surface area contributed by atoms with Gasteiger partial charge in [0.2, 0.25) is 82.7 Å². The number of fused-ring (bicyclic) bond motifs is 3. The molecule has 1 fully saturated rings. The van der Waals surface area contributed by atoms with E-state index in [1.54, 1.807) is 113 Å². The van der Waals surface area contributed by atoms with Crippen molar-refractivity contribution in [2.75, 3.05) is 37.7 Å². The van der Waals surface area contributed by atoms with Gasteiger partial charge in [0.1, 0.15) is 72.5 Å². The minimum Gasteiger partial charge on any atom is -0.481 e. The highest BCUT2D eigenvalue weighted by molar-refractivity contribution is 8.00. The summed E-state index contributed by atoms with van der Waals surface area (Å²) in [4.78, 5) is 223. The van der Waals surface area contributed by atoms with Gasteiger partial charge in [-0.2, -0.15) is 0 Å². The number of guanidine groups is 2. The van der Waals surface area contributed by atoms with E-state index < -0.39 is 204 Å². The summed E-state index contributed by atoms with van der Waals surface area (Å²) in [6.07, 6.45) is 3.52. The molecule has 1 aliphatic heterocycles. The summed E-state index contributed by atoms with van der Waals surface area (Å²) in [5.74, 6) is -18.3. The lowest BCUT2D eigenvalue weighted by Gasteiger charge is -2.29. The molecule has 1 aliphatic rings. The first kappa shape index (κ1) is 99.2. The molecule has 0 unspecified atom stereocenters. The van der Waals surface area contributed by atoms with E-state index in [-0.39, 0.29) is 89.0 Å². The Kier molecular flexibility index (Phi) is 39.7. The van der Waals surface area contributed by atoms with Crippen LogP contribution in [0.2, 0.25) is 0 Å². The van der Waals surface area contributed by atoms with Crippen molar-refractivity contribution in [2.24, 2.45) is 29.0 Å². The molecular formula is C85H120N22O17S. The first-order chi connectivity index (χ1) is 59.7. The maximum absolute atomic E-state index is 15.2. The fraction of sp³-hybridized carbons (Fsp3) is 0.494. The number of carbonyl (C=O) groups is 15. The largest absolute Gasteiger partial charge is 0.481 e. The van der Waals surface area contributed by atoms with Crippen LogP contribution in [-0.2, 0) is 91.2 Å². The first-order valence-corrected chi connectivity index (χ1v) is 43.2. The van der Waals surface area contributed by atoms with Gasteiger partial charge in [-0.05, 0) is 90.0 Å². The Balaban J connectivity index is 1.28. The number of nitrogens with one attached hydrogen (secondary N) is 19. The van der Waals surface area contributed by atoms with Crippen LogP contribution in [0.4, 0.5) is 0 Å². The van der Waals surface area contributed by atoms with Crippen LogP contribution in [0.5, 0.6) is 0 Å². The number of unbranched alkanes of at least 4 members (excludes halogenated alkanes) is 3. The predicted octanol–water partition coefficient (Wildman–Crippen LogP) is -0.538. The number of nitrogens with two attached hydrogens (primary N) is 3. The molecule has 13 atom stereocenters. The number of carboxylic acid groups (broad SMARTS) is 1. The number of carbonyl (C=O) groups excluding carboxylic acids is 14. The number of amides is 14. The van der Waals surface area contributed by atoms with E-state index in [0.29, 0.717) is 70.6 Å². The average molecular weight is 1750 g/mol. The van der Waals surface area contributed by atoms with E-state index in [1.807, 2.05) is 32.0 Å². The van der Waals surface area contributed by atoms with E-state index in [4.69, 9.17) is 28.0 Å². The molecule has 3 heterocycles. The van der Waals surface area contributed by atoms with Crippen molar-refractivity contribution in [1.82, 2.24) is 89.7 Å². The third kappa shape index (κ3) is 31.4. The van der Waals surface area contributed by atoms with E-state index in [1.165, 1.54) is 0 Å². The number of aliphatic carboxylic acids is 1. The van der Waals surface area contributed by atoms with Crippen LogP contribution in [0.25, 0.3) is 32.6 Å². The molecule has 1 saturated heterocycles. The zero-order valence-electron chi connectivity index (χ0n) is 71.1. The molecule has 0 spiro atoms. The number of hydrogen-bond acceptors (Lipinski definition) is 19. The molecule has 7 rings (SSSR count). The SMILES string of the molecule is CCCCC[C@@H]1NC(=O)CNC(=O)[C@H](CO)NC(=O)[C@H]([C@@H](C)CC)NC(=O)[C@H](Cc2ccc3ccccc3c2)NC(=O)[C@@H](CCCNC(=N)N)NC(=O)CSC[C@@H](C(N)=O)NC(=O)[C@H](C(C)C)NC(=O)[C@H](Cc2c[nH]c3ccccc23)NC(=O)[C@H](CCCNC(=N)N)NC(=O)[C@H](CCCC)NC(=O)[C@H](Cc2c[nH]c3ccccc23)NC(=O)[C@H](CC(=O)O)NC1=O. The number of para-hydroxylation sites is 2. The maximum atomic E-state index is 15.2. The molecule has 0 bridgehead atoms. The van der Waals surface area contributed by atoms with Gasteiger partial charge >= 0.3 is 5.97 Å². The summed E-state index contributed by atoms with van der Waals surface area (Å²) in [7, 11) is 0. The molecule has 0 aliphatic carbocycles. The van der Waals surface area contributed by atoms with Gasteiger partial charge in [-0.25, -0.2) is 0 Å². The topological polar surface area (TPSA) is 634 Å². The third-order valence-corrected chi connectivity index (χ3v) is 22.3. The number of rotatable bonds is 28. The summed E-state index contributed by atoms with van der Waals surface area (Å²) in [5, 5.41) is 78.8.